The molecule has 0 bridgehead atoms. The molecule has 0 saturated heterocycles. The van der Waals surface area contributed by atoms with Gasteiger partial charge in [0.25, 0.3) is 0 Å². The summed E-state index contributed by atoms with van der Waals surface area (Å²) in [5, 5.41) is 0. The predicted octanol–water partition coefficient (Wildman–Crippen LogP) is 3.00. The van der Waals surface area contributed by atoms with E-state index in [0.717, 1.165) is 0 Å². The van der Waals surface area contributed by atoms with E-state index in [1.165, 1.54) is 0 Å². The summed E-state index contributed by atoms with van der Waals surface area (Å²) < 4.78 is 0. The zero-order valence-electron chi connectivity index (χ0n) is 2.81. The van der Waals surface area contributed by atoms with Crippen molar-refractivity contribution in [2.75, 3.05) is 0 Å². The smallest absolute Gasteiger partial charge is 0 e. The molecular weight excluding hydrogens is 540 g/mol. The maximum absolute atomic E-state index is 3.30. The first kappa shape index (κ1) is 12.3. The van der Waals surface area contributed by atoms with Gasteiger partial charge in [-0.2, -0.15) is 0 Å². The molecule has 0 aliphatic rings. The van der Waals surface area contributed by atoms with Gasteiger partial charge in [-0.05, 0) is 0 Å². The summed E-state index contributed by atoms with van der Waals surface area (Å²) in [5.41, 5.74) is 0. The third-order valence-electron chi connectivity index (χ3n) is 0. The minimum Gasteiger partial charge on any atom is 0 e. The number of rotatable bonds is 0. The third-order valence-corrected chi connectivity index (χ3v) is 0. The molecule has 0 amide bonds. The number of hydrogen-bond donors (Lipinski definition) is 0. The summed E-state index contributed by atoms with van der Waals surface area (Å²) >= 11 is 13.2. The van der Waals surface area contributed by atoms with Crippen LogP contribution >= 0.6 is 52.1 Å². The van der Waals surface area contributed by atoms with Crippen LogP contribution in [0.1, 0.15) is 0 Å². The van der Waals surface area contributed by atoms with E-state index in [9.17, 15) is 0 Å². The SMILES string of the molecule is [Br][Au]([Br])([Br])[Br].[Na]. The summed E-state index contributed by atoms with van der Waals surface area (Å²) in [7, 11) is -1.64. The van der Waals surface area contributed by atoms with Gasteiger partial charge >= 0.3 is 60.7 Å². The van der Waals surface area contributed by atoms with Crippen molar-refractivity contribution >= 4 is 81.7 Å². The zero-order valence-corrected chi connectivity index (χ0v) is 13.3. The largest absolute Gasteiger partial charge is 0 e. The first-order valence-electron chi connectivity index (χ1n) is 0.456. The minimum absolute atomic E-state index is 0. The normalized spacial score (nSPS) is 12.7. The molecule has 0 aliphatic heterocycles. The Labute approximate surface area is 87.9 Å². The van der Waals surface area contributed by atoms with Crippen LogP contribution in [0.3, 0.4) is 0 Å². The molecule has 0 aliphatic carbocycles. The van der Waals surface area contributed by atoms with Crippen LogP contribution in [-0.4, -0.2) is 29.6 Å². The van der Waals surface area contributed by atoms with E-state index in [4.69, 9.17) is 0 Å². The fourth-order valence-electron chi connectivity index (χ4n) is 0. The zero-order chi connectivity index (χ0) is 4.50. The van der Waals surface area contributed by atoms with Crippen LogP contribution in [0.2, 0.25) is 0 Å². The van der Waals surface area contributed by atoms with Crippen LogP contribution in [-0.2, 0) is 8.59 Å². The molecular formula is AuBr4Na. The van der Waals surface area contributed by atoms with Crippen LogP contribution < -0.4 is 0 Å². The Hall–Kier alpha value is 3.66. The maximum atomic E-state index is 3.30. The molecule has 6 heavy (non-hydrogen) atoms. The quantitative estimate of drug-likeness (QED) is 0.416. The Bertz CT molecular complexity index is 23.0. The van der Waals surface area contributed by atoms with E-state index >= 15 is 0 Å². The van der Waals surface area contributed by atoms with Crippen molar-refractivity contribution in [3.8, 4) is 0 Å². The molecule has 0 N–H and O–H groups in total. The van der Waals surface area contributed by atoms with E-state index in [2.05, 4.69) is 52.1 Å². The van der Waals surface area contributed by atoms with Gasteiger partial charge in [-0.1, -0.05) is 0 Å². The standard InChI is InChI=1S/Au.4BrH.Na/h;4*1H;/q+4;;;;;/p-4. The summed E-state index contributed by atoms with van der Waals surface area (Å²) in [6.45, 7) is 0. The second-order valence-electron chi connectivity index (χ2n) is 0.258. The average Bonchev–Trinajstić information content (AvgIpc) is 0.722. The molecule has 0 nitrogen and oxygen atoms in total. The van der Waals surface area contributed by atoms with Crippen molar-refractivity contribution in [3.05, 3.63) is 0 Å². The number of hydrogen-bond acceptors (Lipinski definition) is 0. The van der Waals surface area contributed by atoms with E-state index in [0.29, 0.717) is 0 Å². The maximum Gasteiger partial charge on any atom is 0 e. The Morgan fingerprint density at radius 2 is 0.833 bits per heavy atom. The van der Waals surface area contributed by atoms with Crippen molar-refractivity contribution in [1.29, 1.82) is 0 Å². The van der Waals surface area contributed by atoms with Crippen LogP contribution in [0.5, 0.6) is 0 Å². The Balaban J connectivity index is 0. The van der Waals surface area contributed by atoms with Gasteiger partial charge in [-0.15, -0.1) is 0 Å². The Morgan fingerprint density at radius 3 is 0.833 bits per heavy atom. The van der Waals surface area contributed by atoms with Crippen LogP contribution in [0.25, 0.3) is 0 Å². The van der Waals surface area contributed by atoms with Gasteiger partial charge in [-0.3, -0.25) is 0 Å². The minimum atomic E-state index is -1.64. The van der Waals surface area contributed by atoms with Crippen molar-refractivity contribution < 1.29 is 8.59 Å². The fraction of sp³-hybridized carbons (Fsp3) is 0. The molecule has 0 fully saturated rings. The van der Waals surface area contributed by atoms with Crippen molar-refractivity contribution in [1.82, 2.24) is 0 Å². The van der Waals surface area contributed by atoms with Gasteiger partial charge in [0.2, 0.25) is 0 Å². The van der Waals surface area contributed by atoms with Gasteiger partial charge in [0.1, 0.15) is 0 Å². The monoisotopic (exact) mass is 536 g/mol. The van der Waals surface area contributed by atoms with Crippen molar-refractivity contribution in [3.63, 3.8) is 0 Å². The van der Waals surface area contributed by atoms with Crippen LogP contribution in [0.15, 0.2) is 0 Å². The molecule has 1 radical (unpaired) electrons. The van der Waals surface area contributed by atoms with Gasteiger partial charge in [0, 0.05) is 29.6 Å². The summed E-state index contributed by atoms with van der Waals surface area (Å²) in [6.07, 6.45) is 0. The second kappa shape index (κ2) is 5.45. The molecule has 6 heteroatoms. The summed E-state index contributed by atoms with van der Waals surface area (Å²) in [4.78, 5) is 0. The van der Waals surface area contributed by atoms with Gasteiger partial charge < -0.3 is 0 Å². The topological polar surface area (TPSA) is 0 Å². The van der Waals surface area contributed by atoms with Gasteiger partial charge in [-0.25, -0.2) is 0 Å². The van der Waals surface area contributed by atoms with Crippen LogP contribution in [0, 0.1) is 0 Å². The van der Waals surface area contributed by atoms with Gasteiger partial charge in [0.15, 0.2) is 0 Å². The molecule has 0 unspecified atom stereocenters. The van der Waals surface area contributed by atoms with Crippen molar-refractivity contribution in [2.45, 2.75) is 0 Å². The molecule has 0 aromatic heterocycles. The molecule has 0 spiro atoms. The molecule has 0 atom stereocenters. The number of halogens is 4. The predicted molar refractivity (Wildman–Crippen MR) is 41.5 cm³/mol. The van der Waals surface area contributed by atoms with E-state index in [-0.39, 0.29) is 29.6 Å². The first-order chi connectivity index (χ1) is 2.00. The van der Waals surface area contributed by atoms with Crippen molar-refractivity contribution in [2.24, 2.45) is 0 Å². The Kier molecular flexibility index (Phi) is 11.2. The third kappa shape index (κ3) is 25.4. The average molecular weight is 540 g/mol. The van der Waals surface area contributed by atoms with E-state index in [1.54, 1.807) is 0 Å². The molecule has 0 saturated carbocycles. The molecule has 0 aromatic carbocycles. The molecule has 40 valence electrons. The first-order valence-corrected chi connectivity index (χ1v) is 19.4. The Morgan fingerprint density at radius 1 is 0.833 bits per heavy atom. The fourth-order valence-corrected chi connectivity index (χ4v) is 0. The van der Waals surface area contributed by atoms with E-state index < -0.39 is 8.59 Å². The molecule has 0 heterocycles. The summed E-state index contributed by atoms with van der Waals surface area (Å²) in [6, 6.07) is 0. The molecule has 0 aromatic rings. The van der Waals surface area contributed by atoms with Crippen LogP contribution in [0.4, 0.5) is 0 Å². The molecule has 0 rings (SSSR count). The van der Waals surface area contributed by atoms with Gasteiger partial charge in [0.05, 0.1) is 0 Å². The summed E-state index contributed by atoms with van der Waals surface area (Å²) in [5.74, 6) is 0. The van der Waals surface area contributed by atoms with E-state index in [1.807, 2.05) is 0 Å². The second-order valence-corrected chi connectivity index (χ2v) is 57.1.